The van der Waals surface area contributed by atoms with E-state index < -0.39 is 33.0 Å². The molecule has 0 bridgehead atoms. The minimum Gasteiger partial charge on any atom is -0.399 e. The van der Waals surface area contributed by atoms with Crippen LogP contribution in [-0.4, -0.2) is 38.9 Å². The van der Waals surface area contributed by atoms with Gasteiger partial charge in [0.05, 0.1) is 63.7 Å². The van der Waals surface area contributed by atoms with E-state index in [2.05, 4.69) is 19.9 Å². The van der Waals surface area contributed by atoms with Crippen molar-refractivity contribution in [2.24, 2.45) is 0 Å². The summed E-state index contributed by atoms with van der Waals surface area (Å²) in [5, 5.41) is 20.4. The standard InChI is InChI=1S/C10H8FN3O2.C10H10FN3.C6H3F2NO2.C4H6N2/c1-7-5-13(6-12-7)10-3-2-8(14(15)16)4-9(10)11;1-7-5-14(6-13-7)10-3-2-8(12)4-9(10)11;7-5-2-1-4(9(10)11)3-6(5)8;1-4-2-5-3-6-4/h2-6H,1H3;2-6H,12H2,1H3;1-3H;2-3H,1H3,(H,5,6). The van der Waals surface area contributed by atoms with Gasteiger partial charge in [-0.2, -0.15) is 0 Å². The molecular weight excluding hydrogens is 626 g/mol. The third-order valence-corrected chi connectivity index (χ3v) is 5.84. The first-order valence-corrected chi connectivity index (χ1v) is 13.3. The van der Waals surface area contributed by atoms with Crippen molar-refractivity contribution in [3.8, 4) is 11.4 Å². The number of nitrogens with one attached hydrogen (secondary N) is 1. The number of aromatic nitrogens is 6. The number of halogens is 4. The summed E-state index contributed by atoms with van der Waals surface area (Å²) in [6.45, 7) is 5.60. The number of aromatic amines is 1. The fourth-order valence-electron chi connectivity index (χ4n) is 3.58. The zero-order chi connectivity index (χ0) is 34.7. The molecular formula is C30H27F4N9O4. The highest BCUT2D eigenvalue weighted by molar-refractivity contribution is 5.46. The average Bonchev–Trinajstić information content (AvgIpc) is 3.78. The van der Waals surface area contributed by atoms with Gasteiger partial charge in [-0.25, -0.2) is 32.5 Å². The molecule has 0 unspecified atom stereocenters. The molecule has 0 saturated carbocycles. The van der Waals surface area contributed by atoms with E-state index >= 15 is 0 Å². The SMILES string of the molecule is Cc1cn(-c2ccc(N)cc2F)cn1.Cc1cn(-c2ccc([N+](=O)[O-])cc2F)cn1.Cc1cnc[nH]1.O=[N+]([O-])c1ccc(F)c(F)c1. The number of nitro benzene ring substituents is 2. The molecule has 3 heterocycles. The third kappa shape index (κ3) is 10.3. The molecule has 6 rings (SSSR count). The lowest BCUT2D eigenvalue weighted by atomic mass is 10.2. The van der Waals surface area contributed by atoms with Crippen molar-refractivity contribution in [1.29, 1.82) is 0 Å². The molecule has 0 spiro atoms. The van der Waals surface area contributed by atoms with Gasteiger partial charge in [0.25, 0.3) is 11.4 Å². The van der Waals surface area contributed by atoms with Crippen LogP contribution in [0, 0.1) is 64.3 Å². The Morgan fingerprint density at radius 3 is 1.55 bits per heavy atom. The Kier molecular flexibility index (Phi) is 12.0. The van der Waals surface area contributed by atoms with Crippen LogP contribution in [-0.2, 0) is 0 Å². The maximum atomic E-state index is 13.6. The number of nitrogens with zero attached hydrogens (tertiary/aromatic N) is 7. The van der Waals surface area contributed by atoms with Crippen LogP contribution in [0.15, 0.2) is 92.2 Å². The quantitative estimate of drug-likeness (QED) is 0.0911. The lowest BCUT2D eigenvalue weighted by Gasteiger charge is -2.03. The van der Waals surface area contributed by atoms with Crippen molar-refractivity contribution < 1.29 is 27.4 Å². The van der Waals surface area contributed by atoms with Gasteiger partial charge in [-0.1, -0.05) is 0 Å². The lowest BCUT2D eigenvalue weighted by Crippen LogP contribution is -1.96. The van der Waals surface area contributed by atoms with Gasteiger partial charge in [-0.3, -0.25) is 20.2 Å². The van der Waals surface area contributed by atoms with Crippen LogP contribution in [0.25, 0.3) is 11.4 Å². The summed E-state index contributed by atoms with van der Waals surface area (Å²) < 4.78 is 54.5. The van der Waals surface area contributed by atoms with Crippen LogP contribution in [0.5, 0.6) is 0 Å². The molecule has 3 N–H and O–H groups in total. The Morgan fingerprint density at radius 2 is 1.19 bits per heavy atom. The first-order valence-electron chi connectivity index (χ1n) is 13.3. The molecule has 0 aliphatic rings. The Morgan fingerprint density at radius 1 is 0.702 bits per heavy atom. The van der Waals surface area contributed by atoms with E-state index in [4.69, 9.17) is 5.73 Å². The highest BCUT2D eigenvalue weighted by Gasteiger charge is 2.12. The fraction of sp³-hybridized carbons (Fsp3) is 0.100. The van der Waals surface area contributed by atoms with Crippen LogP contribution < -0.4 is 5.73 Å². The molecule has 13 nitrogen and oxygen atoms in total. The number of H-pyrrole nitrogens is 1. The number of nitrogen functional groups attached to an aromatic ring is 1. The molecule has 0 atom stereocenters. The van der Waals surface area contributed by atoms with Gasteiger partial charge in [-0.05, 0) is 51.1 Å². The van der Waals surface area contributed by atoms with Gasteiger partial charge in [0, 0.05) is 42.1 Å². The fourth-order valence-corrected chi connectivity index (χ4v) is 3.58. The topological polar surface area (TPSA) is 177 Å². The Balaban J connectivity index is 0.000000178. The summed E-state index contributed by atoms with van der Waals surface area (Å²) in [6.07, 6.45) is 9.87. The number of rotatable bonds is 4. The second-order valence-corrected chi connectivity index (χ2v) is 9.54. The Labute approximate surface area is 264 Å². The van der Waals surface area contributed by atoms with Crippen LogP contribution in [0.2, 0.25) is 0 Å². The predicted molar refractivity (Wildman–Crippen MR) is 164 cm³/mol. The molecule has 0 aliphatic carbocycles. The smallest absolute Gasteiger partial charge is 0.272 e. The number of hydrogen-bond acceptors (Lipinski definition) is 8. The molecule has 0 radical (unpaired) electrons. The molecule has 244 valence electrons. The van der Waals surface area contributed by atoms with Gasteiger partial charge in [0.15, 0.2) is 17.5 Å². The van der Waals surface area contributed by atoms with E-state index in [1.165, 1.54) is 29.1 Å². The first-order chi connectivity index (χ1) is 22.2. The van der Waals surface area contributed by atoms with Crippen molar-refractivity contribution >= 4 is 17.1 Å². The molecule has 3 aromatic carbocycles. The highest BCUT2D eigenvalue weighted by Crippen LogP contribution is 2.20. The van der Waals surface area contributed by atoms with E-state index in [1.54, 1.807) is 54.9 Å². The molecule has 3 aromatic heterocycles. The highest BCUT2D eigenvalue weighted by atomic mass is 19.2. The Bertz CT molecular complexity index is 1960. The van der Waals surface area contributed by atoms with Crippen molar-refractivity contribution in [3.05, 3.63) is 153 Å². The van der Waals surface area contributed by atoms with E-state index in [9.17, 15) is 37.8 Å². The van der Waals surface area contributed by atoms with E-state index in [-0.39, 0.29) is 17.2 Å². The summed E-state index contributed by atoms with van der Waals surface area (Å²) >= 11 is 0. The molecule has 0 amide bonds. The van der Waals surface area contributed by atoms with Crippen LogP contribution in [0.4, 0.5) is 34.6 Å². The number of non-ortho nitro benzene ring substituents is 2. The summed E-state index contributed by atoms with van der Waals surface area (Å²) in [7, 11) is 0. The number of nitrogens with two attached hydrogens (primary N) is 1. The van der Waals surface area contributed by atoms with Gasteiger partial charge < -0.3 is 19.9 Å². The van der Waals surface area contributed by atoms with Crippen molar-refractivity contribution in [1.82, 2.24) is 29.1 Å². The monoisotopic (exact) mass is 653 g/mol. The molecule has 47 heavy (non-hydrogen) atoms. The van der Waals surface area contributed by atoms with Crippen LogP contribution in [0.1, 0.15) is 17.1 Å². The zero-order valence-corrected chi connectivity index (χ0v) is 25.0. The second kappa shape index (κ2) is 16.1. The largest absolute Gasteiger partial charge is 0.399 e. The number of benzene rings is 3. The normalized spacial score (nSPS) is 10.0. The number of nitro groups is 2. The minimum atomic E-state index is -1.21. The number of aryl methyl sites for hydroxylation is 3. The van der Waals surface area contributed by atoms with Gasteiger partial charge >= 0.3 is 0 Å². The number of hydrogen-bond donors (Lipinski definition) is 2. The first kappa shape index (κ1) is 35.1. The van der Waals surface area contributed by atoms with E-state index in [1.807, 2.05) is 13.8 Å². The third-order valence-electron chi connectivity index (χ3n) is 5.84. The minimum absolute atomic E-state index is 0.242. The molecule has 0 fully saturated rings. The predicted octanol–water partition coefficient (Wildman–Crippen LogP) is 6.72. The van der Waals surface area contributed by atoms with E-state index in [0.717, 1.165) is 29.2 Å². The summed E-state index contributed by atoms with van der Waals surface area (Å²) in [5.74, 6) is -3.29. The number of anilines is 1. The Hall–Kier alpha value is -6.39. The maximum Gasteiger partial charge on any atom is 0.272 e. The van der Waals surface area contributed by atoms with Gasteiger partial charge in [0.2, 0.25) is 0 Å². The molecule has 6 aromatic rings. The van der Waals surface area contributed by atoms with Crippen molar-refractivity contribution in [3.63, 3.8) is 0 Å². The zero-order valence-electron chi connectivity index (χ0n) is 25.0. The van der Waals surface area contributed by atoms with Gasteiger partial charge in [-0.15, -0.1) is 0 Å². The van der Waals surface area contributed by atoms with Crippen molar-refractivity contribution in [2.75, 3.05) is 5.73 Å². The molecule has 17 heteroatoms. The summed E-state index contributed by atoms with van der Waals surface area (Å²) in [4.78, 5) is 33.6. The molecule has 0 aliphatic heterocycles. The average molecular weight is 654 g/mol. The summed E-state index contributed by atoms with van der Waals surface area (Å²) in [6, 6.07) is 10.2. The molecule has 0 saturated heterocycles. The van der Waals surface area contributed by atoms with Crippen molar-refractivity contribution in [2.45, 2.75) is 20.8 Å². The maximum absolute atomic E-state index is 13.6. The van der Waals surface area contributed by atoms with Crippen LogP contribution in [0.3, 0.4) is 0 Å². The number of imidazole rings is 3. The summed E-state index contributed by atoms with van der Waals surface area (Å²) in [5.41, 5.74) is 8.55. The second-order valence-electron chi connectivity index (χ2n) is 9.54. The van der Waals surface area contributed by atoms with Gasteiger partial charge in [0.1, 0.15) is 5.82 Å². The van der Waals surface area contributed by atoms with E-state index in [0.29, 0.717) is 23.5 Å². The van der Waals surface area contributed by atoms with Crippen LogP contribution >= 0.6 is 0 Å². The lowest BCUT2D eigenvalue weighted by molar-refractivity contribution is -0.385.